The van der Waals surface area contributed by atoms with Gasteiger partial charge in [-0.1, -0.05) is 0 Å². The number of nitrogens with zero attached hydrogens (tertiary/aromatic N) is 1. The van der Waals surface area contributed by atoms with E-state index in [4.69, 9.17) is 14.6 Å². The number of ether oxygens (including phenoxy) is 2. The Morgan fingerprint density at radius 3 is 2.33 bits per heavy atom. The quantitative estimate of drug-likeness (QED) is 0.394. The van der Waals surface area contributed by atoms with Crippen molar-refractivity contribution in [1.82, 2.24) is 4.90 Å². The SMILES string of the molecule is COCCN(CCOC(=O)CCC(=O)O)C(=O)CCC=O. The van der Waals surface area contributed by atoms with Gasteiger partial charge in [-0.15, -0.1) is 0 Å². The van der Waals surface area contributed by atoms with Gasteiger partial charge in [-0.3, -0.25) is 14.4 Å². The number of aldehydes is 1. The number of carbonyl (C=O) groups is 4. The van der Waals surface area contributed by atoms with E-state index < -0.39 is 11.9 Å². The molecule has 1 N–H and O–H groups in total. The van der Waals surface area contributed by atoms with Crippen LogP contribution in [0.25, 0.3) is 0 Å². The van der Waals surface area contributed by atoms with E-state index in [1.54, 1.807) is 0 Å². The van der Waals surface area contributed by atoms with E-state index in [1.807, 2.05) is 0 Å². The highest BCUT2D eigenvalue weighted by Crippen LogP contribution is 1.99. The number of hydrogen-bond donors (Lipinski definition) is 1. The second kappa shape index (κ2) is 11.8. The Kier molecular flexibility index (Phi) is 10.7. The summed E-state index contributed by atoms with van der Waals surface area (Å²) in [7, 11) is 1.50. The molecule has 0 aromatic rings. The van der Waals surface area contributed by atoms with E-state index in [-0.39, 0.29) is 44.7 Å². The lowest BCUT2D eigenvalue weighted by Gasteiger charge is -2.22. The van der Waals surface area contributed by atoms with Gasteiger partial charge in [-0.25, -0.2) is 0 Å². The number of esters is 1. The van der Waals surface area contributed by atoms with Crippen molar-refractivity contribution >= 4 is 24.1 Å². The summed E-state index contributed by atoms with van der Waals surface area (Å²) < 4.78 is 9.73. The maximum atomic E-state index is 11.8. The second-order valence-corrected chi connectivity index (χ2v) is 4.19. The Bertz CT molecular complexity index is 356. The first-order chi connectivity index (χ1) is 10.0. The van der Waals surface area contributed by atoms with Crippen molar-refractivity contribution in [2.75, 3.05) is 33.4 Å². The number of aliphatic carboxylic acids is 1. The summed E-state index contributed by atoms with van der Waals surface area (Å²) in [5, 5.41) is 8.43. The third-order valence-corrected chi connectivity index (χ3v) is 2.56. The molecule has 0 heterocycles. The van der Waals surface area contributed by atoms with Crippen LogP contribution in [0.1, 0.15) is 25.7 Å². The first-order valence-electron chi connectivity index (χ1n) is 6.59. The fourth-order valence-corrected chi connectivity index (χ4v) is 1.45. The number of hydrogen-bond acceptors (Lipinski definition) is 6. The summed E-state index contributed by atoms with van der Waals surface area (Å²) >= 11 is 0. The topological polar surface area (TPSA) is 110 Å². The lowest BCUT2D eigenvalue weighted by molar-refractivity contribution is -0.149. The van der Waals surface area contributed by atoms with E-state index in [2.05, 4.69) is 0 Å². The Hall–Kier alpha value is -1.96. The summed E-state index contributed by atoms with van der Waals surface area (Å²) in [5.41, 5.74) is 0. The Morgan fingerprint density at radius 2 is 1.76 bits per heavy atom. The normalized spacial score (nSPS) is 9.95. The molecule has 0 fully saturated rings. The molecule has 0 atom stereocenters. The molecule has 8 heteroatoms. The maximum Gasteiger partial charge on any atom is 0.306 e. The van der Waals surface area contributed by atoms with Crippen LogP contribution in [0.15, 0.2) is 0 Å². The standard InChI is InChI=1S/C13H21NO7/c1-20-9-6-14(11(16)3-2-8-15)7-10-21-13(19)5-4-12(17)18/h8H,2-7,9-10H2,1H3,(H,17,18). The van der Waals surface area contributed by atoms with Crippen molar-refractivity contribution in [3.63, 3.8) is 0 Å². The molecule has 8 nitrogen and oxygen atoms in total. The minimum atomic E-state index is -1.07. The van der Waals surface area contributed by atoms with E-state index in [9.17, 15) is 19.2 Å². The van der Waals surface area contributed by atoms with Crippen molar-refractivity contribution in [3.05, 3.63) is 0 Å². The lowest BCUT2D eigenvalue weighted by Crippen LogP contribution is -2.36. The van der Waals surface area contributed by atoms with E-state index in [1.165, 1.54) is 12.0 Å². The zero-order chi connectivity index (χ0) is 16.1. The van der Waals surface area contributed by atoms with Gasteiger partial charge in [0.2, 0.25) is 5.91 Å². The molecule has 0 saturated heterocycles. The molecule has 21 heavy (non-hydrogen) atoms. The Labute approximate surface area is 123 Å². The van der Waals surface area contributed by atoms with Gasteiger partial charge in [0.1, 0.15) is 12.9 Å². The van der Waals surface area contributed by atoms with Gasteiger partial charge in [0.15, 0.2) is 0 Å². The molecule has 0 aromatic heterocycles. The monoisotopic (exact) mass is 303 g/mol. The van der Waals surface area contributed by atoms with Gasteiger partial charge < -0.3 is 24.3 Å². The number of methoxy groups -OCH3 is 1. The molecular weight excluding hydrogens is 282 g/mol. The first kappa shape index (κ1) is 19.0. The van der Waals surface area contributed by atoms with Gasteiger partial charge in [-0.05, 0) is 0 Å². The number of carbonyl (C=O) groups excluding carboxylic acids is 3. The van der Waals surface area contributed by atoms with Gasteiger partial charge in [0.25, 0.3) is 0 Å². The van der Waals surface area contributed by atoms with Crippen molar-refractivity contribution < 1.29 is 33.8 Å². The summed E-state index contributed by atoms with van der Waals surface area (Å²) in [6, 6.07) is 0. The first-order valence-corrected chi connectivity index (χ1v) is 6.59. The van der Waals surface area contributed by atoms with Crippen molar-refractivity contribution in [3.8, 4) is 0 Å². The molecule has 0 aliphatic carbocycles. The molecule has 120 valence electrons. The Balaban J connectivity index is 4.10. The minimum Gasteiger partial charge on any atom is -0.481 e. The van der Waals surface area contributed by atoms with Crippen molar-refractivity contribution in [2.24, 2.45) is 0 Å². The number of carboxylic acids is 1. The summed E-state index contributed by atoms with van der Waals surface area (Å²) in [6.07, 6.45) is 0.413. The maximum absolute atomic E-state index is 11.8. The van der Waals surface area contributed by atoms with Crippen LogP contribution in [-0.2, 0) is 28.7 Å². The fourth-order valence-electron chi connectivity index (χ4n) is 1.45. The van der Waals surface area contributed by atoms with Gasteiger partial charge in [0.05, 0.1) is 26.0 Å². The number of rotatable bonds is 12. The molecule has 0 bridgehead atoms. The average molecular weight is 303 g/mol. The van der Waals surface area contributed by atoms with E-state index in [0.717, 1.165) is 0 Å². The molecule has 0 aliphatic rings. The van der Waals surface area contributed by atoms with E-state index >= 15 is 0 Å². The third-order valence-electron chi connectivity index (χ3n) is 2.56. The summed E-state index contributed by atoms with van der Waals surface area (Å²) in [6.45, 7) is 0.829. The highest BCUT2D eigenvalue weighted by molar-refractivity contribution is 5.78. The molecule has 0 aromatic carbocycles. The minimum absolute atomic E-state index is 0.0189. The van der Waals surface area contributed by atoms with Crippen LogP contribution < -0.4 is 0 Å². The number of carboxylic acid groups (broad SMARTS) is 1. The summed E-state index contributed by atoms with van der Waals surface area (Å²) in [4.78, 5) is 45.0. The van der Waals surface area contributed by atoms with Crippen LogP contribution in [0.4, 0.5) is 0 Å². The molecule has 0 radical (unpaired) electrons. The van der Waals surface area contributed by atoms with Crippen LogP contribution in [0.5, 0.6) is 0 Å². The molecule has 0 spiro atoms. The zero-order valence-corrected chi connectivity index (χ0v) is 12.1. The predicted molar refractivity (Wildman–Crippen MR) is 71.6 cm³/mol. The van der Waals surface area contributed by atoms with Gasteiger partial charge in [-0.2, -0.15) is 0 Å². The molecule has 0 unspecified atom stereocenters. The second-order valence-electron chi connectivity index (χ2n) is 4.19. The smallest absolute Gasteiger partial charge is 0.306 e. The van der Waals surface area contributed by atoms with Crippen molar-refractivity contribution in [1.29, 1.82) is 0 Å². The molecule has 0 rings (SSSR count). The van der Waals surface area contributed by atoms with Crippen molar-refractivity contribution in [2.45, 2.75) is 25.7 Å². The van der Waals surface area contributed by atoms with Crippen LogP contribution in [-0.4, -0.2) is 67.6 Å². The summed E-state index contributed by atoms with van der Waals surface area (Å²) in [5.74, 6) is -1.91. The number of amides is 1. The van der Waals surface area contributed by atoms with Gasteiger partial charge >= 0.3 is 11.9 Å². The lowest BCUT2D eigenvalue weighted by atomic mass is 10.3. The molecule has 0 aliphatic heterocycles. The highest BCUT2D eigenvalue weighted by Gasteiger charge is 2.14. The molecule has 1 amide bonds. The van der Waals surface area contributed by atoms with Crippen LogP contribution >= 0.6 is 0 Å². The van der Waals surface area contributed by atoms with Crippen LogP contribution in [0.3, 0.4) is 0 Å². The van der Waals surface area contributed by atoms with E-state index in [0.29, 0.717) is 19.4 Å². The fraction of sp³-hybridized carbons (Fsp3) is 0.692. The highest BCUT2D eigenvalue weighted by atomic mass is 16.5. The predicted octanol–water partition coefficient (Wildman–Crippen LogP) is -0.151. The third kappa shape index (κ3) is 10.5. The van der Waals surface area contributed by atoms with Gasteiger partial charge in [0, 0.05) is 26.5 Å². The van der Waals surface area contributed by atoms with Crippen LogP contribution in [0, 0.1) is 0 Å². The Morgan fingerprint density at radius 1 is 1.10 bits per heavy atom. The average Bonchev–Trinajstić information content (AvgIpc) is 2.46. The zero-order valence-electron chi connectivity index (χ0n) is 12.1. The van der Waals surface area contributed by atoms with Crippen LogP contribution in [0.2, 0.25) is 0 Å². The largest absolute Gasteiger partial charge is 0.481 e. The molecule has 0 saturated carbocycles. The molecular formula is C13H21NO7.